The van der Waals surface area contributed by atoms with Crippen molar-refractivity contribution < 1.29 is 14.3 Å². The van der Waals surface area contributed by atoms with Crippen molar-refractivity contribution >= 4 is 45.1 Å². The van der Waals surface area contributed by atoms with Crippen LogP contribution in [-0.4, -0.2) is 24.0 Å². The van der Waals surface area contributed by atoms with Crippen LogP contribution in [0, 0.1) is 6.92 Å². The molecule has 3 N–H and O–H groups in total. The van der Waals surface area contributed by atoms with Crippen molar-refractivity contribution in [3.63, 3.8) is 0 Å². The van der Waals surface area contributed by atoms with Crippen LogP contribution in [0.3, 0.4) is 0 Å². The number of carbonyl (C=O) groups is 2. The van der Waals surface area contributed by atoms with Crippen molar-refractivity contribution in [1.29, 1.82) is 0 Å². The zero-order valence-corrected chi connectivity index (χ0v) is 16.0. The van der Waals surface area contributed by atoms with Crippen LogP contribution < -0.4 is 20.9 Å². The molecule has 0 aliphatic carbocycles. The highest BCUT2D eigenvalue weighted by Crippen LogP contribution is 2.17. The van der Waals surface area contributed by atoms with Gasteiger partial charge in [-0.2, -0.15) is 0 Å². The zero-order chi connectivity index (χ0) is 18.4. The molecule has 2 amide bonds. The van der Waals surface area contributed by atoms with Crippen LogP contribution in [0.1, 0.15) is 26.3 Å². The molecule has 0 saturated heterocycles. The summed E-state index contributed by atoms with van der Waals surface area (Å²) in [7, 11) is 1.47. The van der Waals surface area contributed by atoms with Gasteiger partial charge in [-0.1, -0.05) is 34.1 Å². The van der Waals surface area contributed by atoms with Crippen molar-refractivity contribution in [3.05, 3.63) is 63.6 Å². The highest BCUT2D eigenvalue weighted by Gasteiger charge is 2.13. The number of carbonyl (C=O) groups excluding carboxylic acids is 2. The van der Waals surface area contributed by atoms with Gasteiger partial charge < -0.3 is 4.74 Å². The first-order valence-corrected chi connectivity index (χ1v) is 8.43. The maximum Gasteiger partial charge on any atom is 0.269 e. The third-order valence-corrected chi connectivity index (χ3v) is 4.36. The number of hydrogen-bond donors (Lipinski definition) is 3. The monoisotopic (exact) mass is 421 g/mol. The molecule has 0 aliphatic heterocycles. The van der Waals surface area contributed by atoms with Crippen molar-refractivity contribution in [2.45, 2.75) is 6.92 Å². The number of ether oxygens (including phenoxy) is 1. The van der Waals surface area contributed by atoms with Gasteiger partial charge in [0.25, 0.3) is 11.8 Å². The van der Waals surface area contributed by atoms with Crippen LogP contribution in [0.25, 0.3) is 0 Å². The Morgan fingerprint density at radius 3 is 2.48 bits per heavy atom. The molecule has 0 saturated carbocycles. The van der Waals surface area contributed by atoms with E-state index in [0.29, 0.717) is 16.9 Å². The Balaban J connectivity index is 1.93. The first kappa shape index (κ1) is 18.9. The number of hydrazine groups is 1. The van der Waals surface area contributed by atoms with E-state index in [1.807, 2.05) is 13.0 Å². The summed E-state index contributed by atoms with van der Waals surface area (Å²) < 4.78 is 5.95. The number of halogens is 1. The van der Waals surface area contributed by atoms with Crippen LogP contribution in [-0.2, 0) is 0 Å². The van der Waals surface area contributed by atoms with Crippen molar-refractivity contribution in [2.75, 3.05) is 7.11 Å². The van der Waals surface area contributed by atoms with Crippen LogP contribution >= 0.6 is 28.1 Å². The summed E-state index contributed by atoms with van der Waals surface area (Å²) in [5.74, 6) is -0.395. The maximum atomic E-state index is 12.2. The standard InChI is InChI=1S/C17H16BrN3O3S/c1-10-7-8-11(9-13(10)18)15(22)20-21-17(25)19-16(23)12-5-3-4-6-14(12)24-2/h3-9H,1-2H3,(H,20,22)(H2,19,21,23,25). The highest BCUT2D eigenvalue weighted by atomic mass is 79.9. The molecule has 130 valence electrons. The van der Waals surface area contributed by atoms with E-state index in [1.165, 1.54) is 7.11 Å². The summed E-state index contributed by atoms with van der Waals surface area (Å²) in [6.07, 6.45) is 0. The Kier molecular flexibility index (Phi) is 6.49. The Bertz CT molecular complexity index is 827. The van der Waals surface area contributed by atoms with Gasteiger partial charge in [-0.15, -0.1) is 0 Å². The Labute approximate surface area is 159 Å². The molecule has 0 heterocycles. The van der Waals surface area contributed by atoms with E-state index in [-0.39, 0.29) is 11.0 Å². The lowest BCUT2D eigenvalue weighted by molar-refractivity contribution is 0.0934. The summed E-state index contributed by atoms with van der Waals surface area (Å²) in [6, 6.07) is 12.0. The van der Waals surface area contributed by atoms with Crippen LogP contribution in [0.5, 0.6) is 5.75 Å². The van der Waals surface area contributed by atoms with Gasteiger partial charge in [-0.25, -0.2) is 0 Å². The number of methoxy groups -OCH3 is 1. The second-order valence-corrected chi connectivity index (χ2v) is 6.29. The Morgan fingerprint density at radius 1 is 1.08 bits per heavy atom. The second-order valence-electron chi connectivity index (χ2n) is 5.03. The predicted molar refractivity (Wildman–Crippen MR) is 103 cm³/mol. The van der Waals surface area contributed by atoms with Gasteiger partial charge in [0.05, 0.1) is 12.7 Å². The molecule has 6 nitrogen and oxygen atoms in total. The maximum absolute atomic E-state index is 12.2. The topological polar surface area (TPSA) is 79.5 Å². The summed E-state index contributed by atoms with van der Waals surface area (Å²) in [6.45, 7) is 1.92. The number of para-hydroxylation sites is 1. The smallest absolute Gasteiger partial charge is 0.269 e. The Morgan fingerprint density at radius 2 is 1.80 bits per heavy atom. The molecule has 0 aliphatic rings. The summed E-state index contributed by atoms with van der Waals surface area (Å²) in [4.78, 5) is 24.3. The van der Waals surface area contributed by atoms with Gasteiger partial charge in [0.1, 0.15) is 5.75 Å². The second kappa shape index (κ2) is 8.59. The van der Waals surface area contributed by atoms with E-state index in [0.717, 1.165) is 10.0 Å². The molecule has 0 spiro atoms. The van der Waals surface area contributed by atoms with Crippen LogP contribution in [0.15, 0.2) is 46.9 Å². The fourth-order valence-corrected chi connectivity index (χ4v) is 2.48. The molecule has 25 heavy (non-hydrogen) atoms. The minimum Gasteiger partial charge on any atom is -0.496 e. The van der Waals surface area contributed by atoms with E-state index in [9.17, 15) is 9.59 Å². The molecule has 0 aromatic heterocycles. The fraction of sp³-hybridized carbons (Fsp3) is 0.118. The number of amides is 2. The van der Waals surface area contributed by atoms with Gasteiger partial charge in [-0.05, 0) is 49.0 Å². The quantitative estimate of drug-likeness (QED) is 0.524. The summed E-state index contributed by atoms with van der Waals surface area (Å²) >= 11 is 8.39. The van der Waals surface area contributed by atoms with E-state index in [2.05, 4.69) is 32.1 Å². The molecule has 0 radical (unpaired) electrons. The lowest BCUT2D eigenvalue weighted by atomic mass is 10.1. The predicted octanol–water partition coefficient (Wildman–Crippen LogP) is 2.72. The lowest BCUT2D eigenvalue weighted by Gasteiger charge is -2.12. The van der Waals surface area contributed by atoms with E-state index < -0.39 is 5.91 Å². The van der Waals surface area contributed by atoms with Crippen LogP contribution in [0.4, 0.5) is 0 Å². The molecule has 0 fully saturated rings. The number of rotatable bonds is 3. The van der Waals surface area contributed by atoms with E-state index >= 15 is 0 Å². The van der Waals surface area contributed by atoms with E-state index in [4.69, 9.17) is 17.0 Å². The third kappa shape index (κ3) is 5.01. The number of aryl methyl sites for hydroxylation is 1. The molecule has 0 bridgehead atoms. The summed E-state index contributed by atoms with van der Waals surface area (Å²) in [5.41, 5.74) is 6.73. The molecule has 8 heteroatoms. The first-order valence-electron chi connectivity index (χ1n) is 7.23. The summed E-state index contributed by atoms with van der Waals surface area (Å²) in [5, 5.41) is 2.44. The molecule has 0 atom stereocenters. The van der Waals surface area contributed by atoms with Gasteiger partial charge >= 0.3 is 0 Å². The SMILES string of the molecule is COc1ccccc1C(=O)NC(=S)NNC(=O)c1ccc(C)c(Br)c1. The number of benzene rings is 2. The minimum atomic E-state index is -0.442. The van der Waals surface area contributed by atoms with Gasteiger partial charge in [0.15, 0.2) is 5.11 Å². The lowest BCUT2D eigenvalue weighted by Crippen LogP contribution is -2.48. The largest absolute Gasteiger partial charge is 0.496 e. The zero-order valence-electron chi connectivity index (χ0n) is 13.6. The first-order chi connectivity index (χ1) is 11.9. The Hall–Kier alpha value is -2.45. The van der Waals surface area contributed by atoms with Crippen molar-refractivity contribution in [1.82, 2.24) is 16.2 Å². The fourth-order valence-electron chi connectivity index (χ4n) is 1.95. The highest BCUT2D eigenvalue weighted by molar-refractivity contribution is 9.10. The minimum absolute atomic E-state index is 0.0320. The third-order valence-electron chi connectivity index (χ3n) is 3.30. The average Bonchev–Trinajstić information content (AvgIpc) is 2.61. The van der Waals surface area contributed by atoms with Crippen LogP contribution in [0.2, 0.25) is 0 Å². The molecular formula is C17H16BrN3O3S. The molecule has 2 aromatic carbocycles. The molecule has 2 rings (SSSR count). The number of hydrogen-bond acceptors (Lipinski definition) is 4. The van der Waals surface area contributed by atoms with Crippen molar-refractivity contribution in [2.24, 2.45) is 0 Å². The molecule has 2 aromatic rings. The van der Waals surface area contributed by atoms with Gasteiger partial charge in [0, 0.05) is 10.0 Å². The number of nitrogens with one attached hydrogen (secondary N) is 3. The normalized spacial score (nSPS) is 9.88. The van der Waals surface area contributed by atoms with Gasteiger partial charge in [0.2, 0.25) is 0 Å². The van der Waals surface area contributed by atoms with Crippen molar-refractivity contribution in [3.8, 4) is 5.75 Å². The van der Waals surface area contributed by atoms with E-state index in [1.54, 1.807) is 36.4 Å². The van der Waals surface area contributed by atoms with Gasteiger partial charge in [-0.3, -0.25) is 25.8 Å². The molecular weight excluding hydrogens is 406 g/mol. The average molecular weight is 422 g/mol. The number of thiocarbonyl (C=S) groups is 1. The molecule has 0 unspecified atom stereocenters.